The van der Waals surface area contributed by atoms with Gasteiger partial charge in [0.1, 0.15) is 0 Å². The van der Waals surface area contributed by atoms with E-state index in [-0.39, 0.29) is 24.0 Å². The molecular weight excluding hydrogens is 429 g/mol. The molecule has 0 aliphatic heterocycles. The minimum Gasteiger partial charge on any atom is -0.382 e. The first-order valence-corrected chi connectivity index (χ1v) is 8.83. The molecule has 25 heavy (non-hydrogen) atoms. The van der Waals surface area contributed by atoms with Gasteiger partial charge in [-0.1, -0.05) is 30.3 Å². The molecule has 1 aromatic carbocycles. The highest BCUT2D eigenvalue weighted by Crippen LogP contribution is 2.47. The predicted molar refractivity (Wildman–Crippen MR) is 114 cm³/mol. The Balaban J connectivity index is 0.00000312. The monoisotopic (exact) mass is 461 g/mol. The van der Waals surface area contributed by atoms with Crippen molar-refractivity contribution in [3.05, 3.63) is 35.9 Å². The van der Waals surface area contributed by atoms with Gasteiger partial charge < -0.3 is 20.1 Å². The number of rotatable bonds is 11. The van der Waals surface area contributed by atoms with Crippen LogP contribution in [0.4, 0.5) is 0 Å². The minimum atomic E-state index is 0. The number of hydrogen-bond donors (Lipinski definition) is 2. The van der Waals surface area contributed by atoms with Crippen LogP contribution in [-0.4, -0.2) is 53.0 Å². The number of aliphatic imine (C=N–C) groups is 1. The number of guanidine groups is 1. The summed E-state index contributed by atoms with van der Waals surface area (Å²) in [5, 5.41) is 6.83. The summed E-state index contributed by atoms with van der Waals surface area (Å²) >= 11 is 0. The van der Waals surface area contributed by atoms with Crippen LogP contribution in [0.25, 0.3) is 0 Å². The average Bonchev–Trinajstić information content (AvgIpc) is 3.37. The predicted octanol–water partition coefficient (Wildman–Crippen LogP) is 2.85. The van der Waals surface area contributed by atoms with Crippen molar-refractivity contribution in [2.75, 3.05) is 47.1 Å². The highest BCUT2D eigenvalue weighted by atomic mass is 127. The molecule has 1 saturated carbocycles. The zero-order chi connectivity index (χ0) is 17.1. The Kier molecular flexibility index (Phi) is 11.1. The van der Waals surface area contributed by atoms with Crippen molar-refractivity contribution in [3.63, 3.8) is 0 Å². The quantitative estimate of drug-likeness (QED) is 0.230. The summed E-state index contributed by atoms with van der Waals surface area (Å²) in [6.07, 6.45) is 4.68. The van der Waals surface area contributed by atoms with Gasteiger partial charge in [-0.25, -0.2) is 0 Å². The fraction of sp³-hybridized carbons (Fsp3) is 0.632. The summed E-state index contributed by atoms with van der Waals surface area (Å²) in [4.78, 5) is 4.31. The maximum Gasteiger partial charge on any atom is 0.190 e. The highest BCUT2D eigenvalue weighted by Gasteiger charge is 2.42. The Morgan fingerprint density at radius 3 is 2.52 bits per heavy atom. The molecule has 0 bridgehead atoms. The van der Waals surface area contributed by atoms with Crippen molar-refractivity contribution in [2.45, 2.75) is 25.7 Å². The van der Waals surface area contributed by atoms with E-state index >= 15 is 0 Å². The number of benzene rings is 1. The van der Waals surface area contributed by atoms with Gasteiger partial charge in [0.05, 0.1) is 13.2 Å². The van der Waals surface area contributed by atoms with Crippen LogP contribution in [0.3, 0.4) is 0 Å². The average molecular weight is 461 g/mol. The zero-order valence-electron chi connectivity index (χ0n) is 15.4. The van der Waals surface area contributed by atoms with Gasteiger partial charge in [0.2, 0.25) is 0 Å². The molecule has 2 N–H and O–H groups in total. The van der Waals surface area contributed by atoms with Crippen molar-refractivity contribution in [2.24, 2.45) is 10.4 Å². The third kappa shape index (κ3) is 8.87. The summed E-state index contributed by atoms with van der Waals surface area (Å²) in [6, 6.07) is 10.8. The first-order valence-electron chi connectivity index (χ1n) is 8.83. The van der Waals surface area contributed by atoms with E-state index in [1.807, 2.05) is 7.05 Å². The summed E-state index contributed by atoms with van der Waals surface area (Å²) in [5.74, 6) is 0.881. The molecule has 0 saturated heterocycles. The fourth-order valence-electron chi connectivity index (χ4n) is 2.74. The van der Waals surface area contributed by atoms with Crippen molar-refractivity contribution >= 4 is 29.9 Å². The van der Waals surface area contributed by atoms with Crippen LogP contribution in [0, 0.1) is 5.41 Å². The molecule has 0 radical (unpaired) electrons. The Bertz CT molecular complexity index is 493. The molecular formula is C19H32IN3O2. The van der Waals surface area contributed by atoms with E-state index in [0.29, 0.717) is 18.6 Å². The van der Waals surface area contributed by atoms with Crippen LogP contribution >= 0.6 is 24.0 Å². The zero-order valence-corrected chi connectivity index (χ0v) is 17.8. The Morgan fingerprint density at radius 2 is 1.88 bits per heavy atom. The lowest BCUT2D eigenvalue weighted by atomic mass is 9.96. The largest absolute Gasteiger partial charge is 0.382 e. The third-order valence-electron chi connectivity index (χ3n) is 4.42. The van der Waals surface area contributed by atoms with E-state index in [1.54, 1.807) is 7.11 Å². The third-order valence-corrected chi connectivity index (χ3v) is 4.42. The molecule has 1 aliphatic rings. The highest BCUT2D eigenvalue weighted by molar-refractivity contribution is 14.0. The van der Waals surface area contributed by atoms with Gasteiger partial charge in [0.15, 0.2) is 5.96 Å². The van der Waals surface area contributed by atoms with E-state index in [2.05, 4.69) is 46.0 Å². The molecule has 0 unspecified atom stereocenters. The van der Waals surface area contributed by atoms with Gasteiger partial charge in [0.25, 0.3) is 0 Å². The van der Waals surface area contributed by atoms with Crippen LogP contribution in [0.2, 0.25) is 0 Å². The number of nitrogens with zero attached hydrogens (tertiary/aromatic N) is 1. The van der Waals surface area contributed by atoms with Crippen molar-refractivity contribution in [3.8, 4) is 0 Å². The number of methoxy groups -OCH3 is 1. The summed E-state index contributed by atoms with van der Waals surface area (Å²) in [6.45, 7) is 3.89. The molecule has 0 spiro atoms. The Hall–Kier alpha value is -0.860. The Morgan fingerprint density at radius 1 is 1.12 bits per heavy atom. The maximum absolute atomic E-state index is 5.45. The second-order valence-electron chi connectivity index (χ2n) is 6.47. The number of nitrogens with one attached hydrogen (secondary N) is 2. The van der Waals surface area contributed by atoms with E-state index < -0.39 is 0 Å². The van der Waals surface area contributed by atoms with Crippen LogP contribution in [0.5, 0.6) is 0 Å². The Labute approximate surface area is 169 Å². The van der Waals surface area contributed by atoms with Gasteiger partial charge >= 0.3 is 0 Å². The first-order chi connectivity index (χ1) is 11.8. The van der Waals surface area contributed by atoms with Crippen LogP contribution < -0.4 is 10.6 Å². The lowest BCUT2D eigenvalue weighted by Crippen LogP contribution is -2.41. The molecule has 0 amide bonds. The summed E-state index contributed by atoms with van der Waals surface area (Å²) in [7, 11) is 3.51. The fourth-order valence-corrected chi connectivity index (χ4v) is 2.74. The standard InChI is InChI=1S/C19H31N3O2.HI/c1-20-18(21-11-6-12-24-14-13-23-2)22-16-19(9-10-19)15-17-7-4-3-5-8-17;/h3-5,7-8H,6,9-16H2,1-2H3,(H2,20,21,22);1H. The van der Waals surface area contributed by atoms with Gasteiger partial charge in [-0.2, -0.15) is 0 Å². The van der Waals surface area contributed by atoms with Gasteiger partial charge in [0, 0.05) is 33.9 Å². The molecule has 0 aromatic heterocycles. The van der Waals surface area contributed by atoms with Crippen LogP contribution in [-0.2, 0) is 15.9 Å². The van der Waals surface area contributed by atoms with Crippen molar-refractivity contribution in [1.29, 1.82) is 0 Å². The van der Waals surface area contributed by atoms with E-state index in [0.717, 1.165) is 38.5 Å². The van der Waals surface area contributed by atoms with Crippen molar-refractivity contribution in [1.82, 2.24) is 10.6 Å². The molecule has 6 heteroatoms. The molecule has 5 nitrogen and oxygen atoms in total. The number of hydrogen-bond acceptors (Lipinski definition) is 3. The van der Waals surface area contributed by atoms with Crippen LogP contribution in [0.15, 0.2) is 35.3 Å². The van der Waals surface area contributed by atoms with Gasteiger partial charge in [-0.3, -0.25) is 4.99 Å². The summed E-state index contributed by atoms with van der Waals surface area (Å²) < 4.78 is 10.4. The lowest BCUT2D eigenvalue weighted by Gasteiger charge is -2.18. The minimum absolute atomic E-state index is 0. The van der Waals surface area contributed by atoms with E-state index in [9.17, 15) is 0 Å². The lowest BCUT2D eigenvalue weighted by molar-refractivity contribution is 0.0698. The van der Waals surface area contributed by atoms with Crippen molar-refractivity contribution < 1.29 is 9.47 Å². The summed E-state index contributed by atoms with van der Waals surface area (Å²) in [5.41, 5.74) is 1.83. The SMILES string of the molecule is CN=C(NCCCOCCOC)NCC1(Cc2ccccc2)CC1.I. The number of halogens is 1. The maximum atomic E-state index is 5.45. The van der Waals surface area contributed by atoms with Gasteiger partial charge in [-0.15, -0.1) is 24.0 Å². The normalized spacial score (nSPS) is 15.4. The first kappa shape index (κ1) is 22.2. The molecule has 1 fully saturated rings. The molecule has 142 valence electrons. The smallest absolute Gasteiger partial charge is 0.190 e. The molecule has 1 aliphatic carbocycles. The second kappa shape index (κ2) is 12.5. The van der Waals surface area contributed by atoms with E-state index in [1.165, 1.54) is 18.4 Å². The van der Waals surface area contributed by atoms with E-state index in [4.69, 9.17) is 9.47 Å². The molecule has 1 aromatic rings. The second-order valence-corrected chi connectivity index (χ2v) is 6.47. The topological polar surface area (TPSA) is 54.9 Å². The van der Waals surface area contributed by atoms with Crippen LogP contribution in [0.1, 0.15) is 24.8 Å². The molecule has 0 atom stereocenters. The molecule has 0 heterocycles. The van der Waals surface area contributed by atoms with Gasteiger partial charge in [-0.05, 0) is 36.7 Å². The molecule has 2 rings (SSSR count). The number of ether oxygens (including phenoxy) is 2.